The number of halogens is 3. The molecule has 0 aliphatic carbocycles. The van der Waals surface area contributed by atoms with E-state index in [0.29, 0.717) is 5.69 Å². The molecule has 2 aromatic carbocycles. The Bertz CT molecular complexity index is 624. The van der Waals surface area contributed by atoms with Crippen LogP contribution < -0.4 is 5.73 Å². The van der Waals surface area contributed by atoms with E-state index >= 15 is 0 Å². The van der Waals surface area contributed by atoms with Crippen LogP contribution in [0.15, 0.2) is 45.3 Å². The first-order valence-corrected chi connectivity index (χ1v) is 6.63. The molecule has 0 aliphatic rings. The van der Waals surface area contributed by atoms with Crippen LogP contribution in [0.1, 0.15) is 15.9 Å². The summed E-state index contributed by atoms with van der Waals surface area (Å²) in [5, 5.41) is 0. The van der Waals surface area contributed by atoms with Crippen LogP contribution in [0.4, 0.5) is 10.1 Å². The van der Waals surface area contributed by atoms with E-state index in [2.05, 4.69) is 31.9 Å². The smallest absolute Gasteiger partial charge is 0.198 e. The van der Waals surface area contributed by atoms with Crippen molar-refractivity contribution in [2.75, 3.05) is 5.73 Å². The van der Waals surface area contributed by atoms with Gasteiger partial charge in [0.1, 0.15) is 5.82 Å². The topological polar surface area (TPSA) is 43.1 Å². The van der Waals surface area contributed by atoms with Crippen LogP contribution in [-0.2, 0) is 0 Å². The van der Waals surface area contributed by atoms with E-state index in [1.165, 1.54) is 12.1 Å². The van der Waals surface area contributed by atoms with E-state index in [9.17, 15) is 9.18 Å². The minimum absolute atomic E-state index is 0.00539. The minimum atomic E-state index is -0.582. The Hall–Kier alpha value is -1.20. The SMILES string of the molecule is Nc1ccc(Br)cc1C(=O)c1cccc(Br)c1F. The van der Waals surface area contributed by atoms with Crippen molar-refractivity contribution in [1.29, 1.82) is 0 Å². The standard InChI is InChI=1S/C13H8Br2FNO/c14-7-4-5-11(17)9(6-7)13(18)8-2-1-3-10(15)12(8)16/h1-6H,17H2. The van der Waals surface area contributed by atoms with Crippen LogP contribution in [0.3, 0.4) is 0 Å². The van der Waals surface area contributed by atoms with Gasteiger partial charge in [0, 0.05) is 15.7 Å². The highest BCUT2D eigenvalue weighted by Crippen LogP contribution is 2.25. The molecule has 0 fully saturated rings. The van der Waals surface area contributed by atoms with E-state index in [1.54, 1.807) is 24.3 Å². The Morgan fingerprint density at radius 2 is 1.83 bits per heavy atom. The lowest BCUT2D eigenvalue weighted by molar-refractivity contribution is 0.103. The average molecular weight is 373 g/mol. The zero-order valence-electron chi connectivity index (χ0n) is 9.08. The van der Waals surface area contributed by atoms with Crippen molar-refractivity contribution in [3.8, 4) is 0 Å². The number of nitrogen functional groups attached to an aromatic ring is 1. The summed E-state index contributed by atoms with van der Waals surface area (Å²) >= 11 is 6.31. The third kappa shape index (κ3) is 2.47. The van der Waals surface area contributed by atoms with Gasteiger partial charge < -0.3 is 5.73 Å². The van der Waals surface area contributed by atoms with Crippen molar-refractivity contribution in [2.45, 2.75) is 0 Å². The fraction of sp³-hybridized carbons (Fsp3) is 0. The molecule has 0 saturated carbocycles. The monoisotopic (exact) mass is 371 g/mol. The first-order chi connectivity index (χ1) is 8.50. The average Bonchev–Trinajstić information content (AvgIpc) is 2.35. The Labute approximate surface area is 120 Å². The third-order valence-electron chi connectivity index (χ3n) is 2.46. The summed E-state index contributed by atoms with van der Waals surface area (Å²) in [6.45, 7) is 0. The summed E-state index contributed by atoms with van der Waals surface area (Å²) in [4.78, 5) is 12.2. The quantitative estimate of drug-likeness (QED) is 0.635. The maximum Gasteiger partial charge on any atom is 0.198 e. The van der Waals surface area contributed by atoms with Crippen LogP contribution in [-0.4, -0.2) is 5.78 Å². The van der Waals surface area contributed by atoms with Crippen LogP contribution in [0.5, 0.6) is 0 Å². The van der Waals surface area contributed by atoms with Gasteiger partial charge in [0.05, 0.1) is 10.0 Å². The van der Waals surface area contributed by atoms with Gasteiger partial charge in [-0.1, -0.05) is 22.0 Å². The summed E-state index contributed by atoms with van der Waals surface area (Å²) in [6, 6.07) is 9.49. The summed E-state index contributed by atoms with van der Waals surface area (Å²) < 4.78 is 14.8. The summed E-state index contributed by atoms with van der Waals surface area (Å²) in [7, 11) is 0. The van der Waals surface area contributed by atoms with Crippen molar-refractivity contribution in [1.82, 2.24) is 0 Å². The normalized spacial score (nSPS) is 10.4. The van der Waals surface area contributed by atoms with Gasteiger partial charge >= 0.3 is 0 Å². The van der Waals surface area contributed by atoms with Gasteiger partial charge in [0.25, 0.3) is 0 Å². The number of hydrogen-bond donors (Lipinski definition) is 1. The highest BCUT2D eigenvalue weighted by molar-refractivity contribution is 9.10. The molecule has 0 radical (unpaired) electrons. The molecule has 0 amide bonds. The number of hydrogen-bond acceptors (Lipinski definition) is 2. The zero-order chi connectivity index (χ0) is 13.3. The van der Waals surface area contributed by atoms with Gasteiger partial charge in [0.15, 0.2) is 5.78 Å². The summed E-state index contributed by atoms with van der Waals surface area (Å²) in [5.74, 6) is -1.02. The van der Waals surface area contributed by atoms with E-state index in [4.69, 9.17) is 5.73 Å². The molecule has 2 nitrogen and oxygen atoms in total. The van der Waals surface area contributed by atoms with E-state index in [-0.39, 0.29) is 15.6 Å². The van der Waals surface area contributed by atoms with Crippen LogP contribution in [0, 0.1) is 5.82 Å². The van der Waals surface area contributed by atoms with Crippen molar-refractivity contribution in [3.63, 3.8) is 0 Å². The van der Waals surface area contributed by atoms with Crippen molar-refractivity contribution < 1.29 is 9.18 Å². The number of nitrogens with two attached hydrogens (primary N) is 1. The van der Waals surface area contributed by atoms with Crippen molar-refractivity contribution in [2.24, 2.45) is 0 Å². The number of carbonyl (C=O) groups is 1. The van der Waals surface area contributed by atoms with Gasteiger partial charge in [-0.25, -0.2) is 4.39 Å². The molecule has 92 valence electrons. The number of ketones is 1. The van der Waals surface area contributed by atoms with Crippen LogP contribution in [0.2, 0.25) is 0 Å². The molecule has 2 aromatic rings. The molecule has 0 atom stereocenters. The highest BCUT2D eigenvalue weighted by Gasteiger charge is 2.18. The Balaban J connectivity index is 2.55. The number of carbonyl (C=O) groups excluding carboxylic acids is 1. The molecule has 0 bridgehead atoms. The maximum absolute atomic E-state index is 13.8. The lowest BCUT2D eigenvalue weighted by Gasteiger charge is -2.07. The van der Waals surface area contributed by atoms with E-state index < -0.39 is 11.6 Å². The molecule has 0 aromatic heterocycles. The van der Waals surface area contributed by atoms with Crippen LogP contribution >= 0.6 is 31.9 Å². The lowest BCUT2D eigenvalue weighted by Crippen LogP contribution is -2.07. The second-order valence-electron chi connectivity index (χ2n) is 3.66. The van der Waals surface area contributed by atoms with Gasteiger partial charge in [-0.3, -0.25) is 4.79 Å². The highest BCUT2D eigenvalue weighted by atomic mass is 79.9. The van der Waals surface area contributed by atoms with Gasteiger partial charge in [-0.05, 0) is 46.3 Å². The Morgan fingerprint density at radius 1 is 1.11 bits per heavy atom. The number of benzene rings is 2. The van der Waals surface area contributed by atoms with Gasteiger partial charge in [-0.15, -0.1) is 0 Å². The lowest BCUT2D eigenvalue weighted by atomic mass is 10.0. The second kappa shape index (κ2) is 5.20. The molecule has 5 heteroatoms. The molecule has 0 heterocycles. The molecule has 2 N–H and O–H groups in total. The largest absolute Gasteiger partial charge is 0.398 e. The van der Waals surface area contributed by atoms with Gasteiger partial charge in [-0.2, -0.15) is 0 Å². The Morgan fingerprint density at radius 3 is 2.56 bits per heavy atom. The molecular formula is C13H8Br2FNO. The zero-order valence-corrected chi connectivity index (χ0v) is 12.3. The molecule has 0 aliphatic heterocycles. The summed E-state index contributed by atoms with van der Waals surface area (Å²) in [5.41, 5.74) is 6.34. The first kappa shape index (κ1) is 13.2. The molecule has 0 unspecified atom stereocenters. The number of anilines is 1. The molecular weight excluding hydrogens is 365 g/mol. The van der Waals surface area contributed by atoms with E-state index in [0.717, 1.165) is 4.47 Å². The molecule has 0 saturated heterocycles. The van der Waals surface area contributed by atoms with E-state index in [1.807, 2.05) is 0 Å². The summed E-state index contributed by atoms with van der Waals surface area (Å²) in [6.07, 6.45) is 0. The fourth-order valence-electron chi connectivity index (χ4n) is 1.55. The molecule has 18 heavy (non-hydrogen) atoms. The molecule has 2 rings (SSSR count). The maximum atomic E-state index is 13.8. The van der Waals surface area contributed by atoms with Crippen LogP contribution in [0.25, 0.3) is 0 Å². The third-order valence-corrected chi connectivity index (χ3v) is 3.56. The first-order valence-electron chi connectivity index (χ1n) is 5.04. The van der Waals surface area contributed by atoms with Crippen molar-refractivity contribution in [3.05, 3.63) is 62.3 Å². The second-order valence-corrected chi connectivity index (χ2v) is 5.43. The van der Waals surface area contributed by atoms with Crippen molar-refractivity contribution >= 4 is 43.3 Å². The predicted molar refractivity (Wildman–Crippen MR) is 76.1 cm³/mol. The number of rotatable bonds is 2. The molecule has 0 spiro atoms. The van der Waals surface area contributed by atoms with Gasteiger partial charge in [0.2, 0.25) is 0 Å². The fourth-order valence-corrected chi connectivity index (χ4v) is 2.28. The predicted octanol–water partition coefficient (Wildman–Crippen LogP) is 4.16. The Kier molecular flexibility index (Phi) is 3.82. The minimum Gasteiger partial charge on any atom is -0.398 e.